The predicted molar refractivity (Wildman–Crippen MR) is 86.4 cm³/mol. The van der Waals surface area contributed by atoms with Gasteiger partial charge in [-0.05, 0) is 42.8 Å². The predicted octanol–water partition coefficient (Wildman–Crippen LogP) is 5.96. The van der Waals surface area contributed by atoms with Gasteiger partial charge >= 0.3 is 6.18 Å². The quantitative estimate of drug-likeness (QED) is 0.507. The molecule has 2 aromatic rings. The fourth-order valence-electron chi connectivity index (χ4n) is 1.71. The smallest absolute Gasteiger partial charge is 0.277 e. The maximum absolute atomic E-state index is 12.7. The molecule has 0 saturated heterocycles. The minimum Gasteiger partial charge on any atom is -0.277 e. The molecule has 0 fully saturated rings. The van der Waals surface area contributed by atoms with E-state index in [2.05, 4.69) is 26.5 Å². The summed E-state index contributed by atoms with van der Waals surface area (Å²) in [6.45, 7) is 1.75. The highest BCUT2D eigenvalue weighted by atomic mass is 79.9. The van der Waals surface area contributed by atoms with Gasteiger partial charge in [0, 0.05) is 4.47 Å². The Balaban J connectivity index is 2.25. The highest BCUT2D eigenvalue weighted by Gasteiger charge is 2.30. The van der Waals surface area contributed by atoms with Gasteiger partial charge in [-0.3, -0.25) is 5.43 Å². The van der Waals surface area contributed by atoms with Gasteiger partial charge in [-0.1, -0.05) is 39.7 Å². The SMILES string of the molecule is CC(=NNc1cc(C(F)(F)F)ccc1Cl)c1cccc(Br)c1. The normalized spacial score (nSPS) is 12.4. The number of halogens is 5. The number of benzene rings is 2. The van der Waals surface area contributed by atoms with Crippen LogP contribution in [0.15, 0.2) is 52.0 Å². The molecule has 0 aromatic heterocycles. The highest BCUT2D eigenvalue weighted by molar-refractivity contribution is 9.10. The van der Waals surface area contributed by atoms with E-state index in [1.807, 2.05) is 24.3 Å². The molecule has 0 spiro atoms. The number of nitrogens with one attached hydrogen (secondary N) is 1. The molecule has 0 saturated carbocycles. The number of hydrazone groups is 1. The molecular weight excluding hydrogens is 381 g/mol. The summed E-state index contributed by atoms with van der Waals surface area (Å²) in [6.07, 6.45) is -4.43. The third kappa shape index (κ3) is 4.24. The number of anilines is 1. The molecule has 0 bridgehead atoms. The molecule has 2 rings (SSSR count). The first-order valence-corrected chi connectivity index (χ1v) is 7.37. The van der Waals surface area contributed by atoms with Crippen LogP contribution in [-0.4, -0.2) is 5.71 Å². The third-order valence-electron chi connectivity index (χ3n) is 2.88. The van der Waals surface area contributed by atoms with Crippen LogP contribution in [0.3, 0.4) is 0 Å². The first kappa shape index (κ1) is 16.8. The van der Waals surface area contributed by atoms with Gasteiger partial charge in [-0.25, -0.2) is 0 Å². The van der Waals surface area contributed by atoms with Crippen LogP contribution in [0.1, 0.15) is 18.1 Å². The average Bonchev–Trinajstić information content (AvgIpc) is 2.44. The van der Waals surface area contributed by atoms with E-state index in [1.54, 1.807) is 6.92 Å². The lowest BCUT2D eigenvalue weighted by atomic mass is 10.1. The largest absolute Gasteiger partial charge is 0.416 e. The summed E-state index contributed by atoms with van der Waals surface area (Å²) < 4.78 is 39.0. The third-order valence-corrected chi connectivity index (χ3v) is 3.70. The van der Waals surface area contributed by atoms with E-state index < -0.39 is 11.7 Å². The number of rotatable bonds is 3. The van der Waals surface area contributed by atoms with Gasteiger partial charge in [0.05, 0.1) is 22.0 Å². The molecule has 22 heavy (non-hydrogen) atoms. The van der Waals surface area contributed by atoms with Crippen molar-refractivity contribution in [3.05, 3.63) is 63.1 Å². The van der Waals surface area contributed by atoms with E-state index in [0.29, 0.717) is 5.71 Å². The van der Waals surface area contributed by atoms with E-state index >= 15 is 0 Å². The zero-order chi connectivity index (χ0) is 16.3. The topological polar surface area (TPSA) is 24.4 Å². The Labute approximate surface area is 139 Å². The Morgan fingerprint density at radius 3 is 2.55 bits per heavy atom. The Kier molecular flexibility index (Phi) is 5.13. The Morgan fingerprint density at radius 2 is 1.91 bits per heavy atom. The lowest BCUT2D eigenvalue weighted by Gasteiger charge is -2.10. The molecule has 1 N–H and O–H groups in total. The van der Waals surface area contributed by atoms with Crippen LogP contribution in [-0.2, 0) is 6.18 Å². The lowest BCUT2D eigenvalue weighted by Crippen LogP contribution is -2.06. The highest BCUT2D eigenvalue weighted by Crippen LogP contribution is 2.33. The molecule has 7 heteroatoms. The van der Waals surface area contributed by atoms with Crippen molar-refractivity contribution in [3.63, 3.8) is 0 Å². The van der Waals surface area contributed by atoms with Crippen molar-refractivity contribution in [1.29, 1.82) is 0 Å². The van der Waals surface area contributed by atoms with Crippen molar-refractivity contribution >= 4 is 38.9 Å². The van der Waals surface area contributed by atoms with Crippen LogP contribution >= 0.6 is 27.5 Å². The Morgan fingerprint density at radius 1 is 1.18 bits per heavy atom. The number of hydrogen-bond acceptors (Lipinski definition) is 2. The first-order valence-electron chi connectivity index (χ1n) is 6.20. The standard InChI is InChI=1S/C15H11BrClF3N2/c1-9(10-3-2-4-12(16)7-10)21-22-14-8-11(15(18,19)20)5-6-13(14)17/h2-8,22H,1H3. The molecular formula is C15H11BrClF3N2. The molecule has 0 aliphatic carbocycles. The Bertz CT molecular complexity index is 714. The van der Waals surface area contributed by atoms with Gasteiger partial charge in [0.2, 0.25) is 0 Å². The summed E-state index contributed by atoms with van der Waals surface area (Å²) in [4.78, 5) is 0. The zero-order valence-electron chi connectivity index (χ0n) is 11.4. The summed E-state index contributed by atoms with van der Waals surface area (Å²) in [5.41, 5.74) is 3.36. The van der Waals surface area contributed by atoms with Crippen molar-refractivity contribution in [2.75, 3.05) is 5.43 Å². The van der Waals surface area contributed by atoms with Gasteiger partial charge in [0.25, 0.3) is 0 Å². The second kappa shape index (κ2) is 6.71. The van der Waals surface area contributed by atoms with Gasteiger partial charge in [0.1, 0.15) is 0 Å². The van der Waals surface area contributed by atoms with Gasteiger partial charge in [-0.15, -0.1) is 0 Å². The maximum atomic E-state index is 12.7. The van der Waals surface area contributed by atoms with Crippen molar-refractivity contribution in [2.45, 2.75) is 13.1 Å². The molecule has 0 amide bonds. The monoisotopic (exact) mass is 390 g/mol. The van der Waals surface area contributed by atoms with Gasteiger partial charge in [0.15, 0.2) is 0 Å². The average molecular weight is 392 g/mol. The second-order valence-corrected chi connectivity index (χ2v) is 5.83. The lowest BCUT2D eigenvalue weighted by molar-refractivity contribution is -0.137. The molecule has 116 valence electrons. The molecule has 0 atom stereocenters. The number of alkyl halides is 3. The maximum Gasteiger partial charge on any atom is 0.416 e. The summed E-state index contributed by atoms with van der Waals surface area (Å²) in [5.74, 6) is 0. The van der Waals surface area contributed by atoms with E-state index in [-0.39, 0.29) is 10.7 Å². The van der Waals surface area contributed by atoms with Crippen LogP contribution in [0.5, 0.6) is 0 Å². The first-order chi connectivity index (χ1) is 10.3. The summed E-state index contributed by atoms with van der Waals surface area (Å²) in [7, 11) is 0. The fraction of sp³-hybridized carbons (Fsp3) is 0.133. The van der Waals surface area contributed by atoms with E-state index in [1.165, 1.54) is 6.07 Å². The van der Waals surface area contributed by atoms with Crippen LogP contribution in [0.25, 0.3) is 0 Å². The molecule has 0 unspecified atom stereocenters. The van der Waals surface area contributed by atoms with Gasteiger partial charge in [-0.2, -0.15) is 18.3 Å². The minimum atomic E-state index is -4.43. The van der Waals surface area contributed by atoms with Crippen LogP contribution in [0, 0.1) is 0 Å². The summed E-state index contributed by atoms with van der Waals surface area (Å²) in [6, 6.07) is 10.5. The van der Waals surface area contributed by atoms with Crippen LogP contribution < -0.4 is 5.43 Å². The van der Waals surface area contributed by atoms with Crippen LogP contribution in [0.2, 0.25) is 5.02 Å². The molecule has 0 radical (unpaired) electrons. The second-order valence-electron chi connectivity index (χ2n) is 4.51. The van der Waals surface area contributed by atoms with Crippen molar-refractivity contribution < 1.29 is 13.2 Å². The number of hydrogen-bond donors (Lipinski definition) is 1. The van der Waals surface area contributed by atoms with Crippen molar-refractivity contribution in [2.24, 2.45) is 5.10 Å². The van der Waals surface area contributed by atoms with Crippen LogP contribution in [0.4, 0.5) is 18.9 Å². The zero-order valence-corrected chi connectivity index (χ0v) is 13.7. The molecule has 2 nitrogen and oxygen atoms in total. The molecule has 2 aromatic carbocycles. The number of nitrogens with zero attached hydrogens (tertiary/aromatic N) is 1. The molecule has 0 aliphatic heterocycles. The molecule has 0 aliphatic rings. The molecule has 0 heterocycles. The summed E-state index contributed by atoms with van der Waals surface area (Å²) in [5, 5.41) is 4.25. The summed E-state index contributed by atoms with van der Waals surface area (Å²) >= 11 is 9.24. The van der Waals surface area contributed by atoms with Crippen molar-refractivity contribution in [1.82, 2.24) is 0 Å². The van der Waals surface area contributed by atoms with E-state index in [4.69, 9.17) is 11.6 Å². The minimum absolute atomic E-state index is 0.103. The Hall–Kier alpha value is -1.53. The fourth-order valence-corrected chi connectivity index (χ4v) is 2.27. The van der Waals surface area contributed by atoms with Crippen molar-refractivity contribution in [3.8, 4) is 0 Å². The van der Waals surface area contributed by atoms with E-state index in [9.17, 15) is 13.2 Å². The van der Waals surface area contributed by atoms with E-state index in [0.717, 1.165) is 22.2 Å². The van der Waals surface area contributed by atoms with Gasteiger partial charge < -0.3 is 0 Å².